The first-order valence-corrected chi connectivity index (χ1v) is 4.91. The zero-order valence-corrected chi connectivity index (χ0v) is 8.67. The molecule has 0 radical (unpaired) electrons. The molecule has 0 saturated carbocycles. The van der Waals surface area contributed by atoms with E-state index in [2.05, 4.69) is 4.98 Å². The zero-order chi connectivity index (χ0) is 10.3. The maximum atomic E-state index is 11.5. The predicted molar refractivity (Wildman–Crippen MR) is 52.4 cm³/mol. The van der Waals surface area contributed by atoms with Gasteiger partial charge in [0, 0.05) is 7.05 Å². The van der Waals surface area contributed by atoms with Crippen LogP contribution in [0.2, 0.25) is 0 Å². The Balaban J connectivity index is 2.35. The van der Waals surface area contributed by atoms with Crippen molar-refractivity contribution in [3.63, 3.8) is 0 Å². The van der Waals surface area contributed by atoms with Gasteiger partial charge in [0.2, 0.25) is 0 Å². The minimum atomic E-state index is -0.279. The fourth-order valence-electron chi connectivity index (χ4n) is 1.29. The van der Waals surface area contributed by atoms with Crippen LogP contribution in [0.4, 0.5) is 9.80 Å². The smallest absolute Gasteiger partial charge is 0.318 e. The second kappa shape index (κ2) is 3.06. The Morgan fingerprint density at radius 1 is 1.50 bits per heavy atom. The Bertz CT molecular complexity index is 401. The van der Waals surface area contributed by atoms with Gasteiger partial charge in [-0.1, -0.05) is 0 Å². The van der Waals surface area contributed by atoms with E-state index in [1.54, 1.807) is 13.2 Å². The Morgan fingerprint density at radius 2 is 2.21 bits per heavy atom. The van der Waals surface area contributed by atoms with Crippen LogP contribution in [0.25, 0.3) is 0 Å². The third-order valence-corrected chi connectivity index (χ3v) is 2.87. The van der Waals surface area contributed by atoms with E-state index < -0.39 is 0 Å². The van der Waals surface area contributed by atoms with Crippen LogP contribution >= 0.6 is 11.3 Å². The summed E-state index contributed by atoms with van der Waals surface area (Å²) in [4.78, 5) is 29.5. The van der Waals surface area contributed by atoms with E-state index in [-0.39, 0.29) is 18.5 Å². The number of imide groups is 1. The van der Waals surface area contributed by atoms with E-state index in [0.717, 1.165) is 5.01 Å². The molecule has 1 aliphatic heterocycles. The molecule has 1 aliphatic rings. The van der Waals surface area contributed by atoms with Gasteiger partial charge < -0.3 is 4.90 Å². The van der Waals surface area contributed by atoms with E-state index in [0.29, 0.717) is 5.00 Å². The monoisotopic (exact) mass is 211 g/mol. The van der Waals surface area contributed by atoms with Crippen molar-refractivity contribution in [2.24, 2.45) is 0 Å². The second-order valence-corrected chi connectivity index (χ2v) is 4.30. The number of nitrogens with zero attached hydrogens (tertiary/aromatic N) is 3. The SMILES string of the molecule is Cc1ncc(N2C(=O)CN(C)C2=O)s1. The van der Waals surface area contributed by atoms with Crippen LogP contribution in [0.15, 0.2) is 6.20 Å². The van der Waals surface area contributed by atoms with Crippen molar-refractivity contribution in [3.05, 3.63) is 11.2 Å². The van der Waals surface area contributed by atoms with Gasteiger partial charge in [0.1, 0.15) is 11.5 Å². The highest BCUT2D eigenvalue weighted by Gasteiger charge is 2.35. The molecule has 74 valence electrons. The Kier molecular flexibility index (Phi) is 1.99. The fraction of sp³-hybridized carbons (Fsp3) is 0.375. The highest BCUT2D eigenvalue weighted by atomic mass is 32.1. The summed E-state index contributed by atoms with van der Waals surface area (Å²) in [5, 5.41) is 1.44. The normalized spacial score (nSPS) is 17.0. The molecular weight excluding hydrogens is 202 g/mol. The highest BCUT2D eigenvalue weighted by molar-refractivity contribution is 7.16. The van der Waals surface area contributed by atoms with Crippen molar-refractivity contribution in [3.8, 4) is 0 Å². The van der Waals surface area contributed by atoms with Gasteiger partial charge in [-0.2, -0.15) is 0 Å². The number of rotatable bonds is 1. The zero-order valence-electron chi connectivity index (χ0n) is 7.85. The summed E-state index contributed by atoms with van der Waals surface area (Å²) < 4.78 is 0. The largest absolute Gasteiger partial charge is 0.332 e. The number of carbonyl (C=O) groups excluding carboxylic acids is 2. The van der Waals surface area contributed by atoms with Crippen molar-refractivity contribution in [2.75, 3.05) is 18.5 Å². The Labute approximate surface area is 85.0 Å². The molecule has 0 atom stereocenters. The molecule has 3 amide bonds. The van der Waals surface area contributed by atoms with E-state index in [1.807, 2.05) is 6.92 Å². The number of likely N-dealkylation sites (N-methyl/N-ethyl adjacent to an activating group) is 1. The molecule has 6 heteroatoms. The van der Waals surface area contributed by atoms with Crippen molar-refractivity contribution in [1.82, 2.24) is 9.88 Å². The van der Waals surface area contributed by atoms with Crippen molar-refractivity contribution >= 4 is 28.3 Å². The maximum Gasteiger partial charge on any atom is 0.332 e. The average molecular weight is 211 g/mol. The molecule has 2 rings (SSSR count). The molecule has 14 heavy (non-hydrogen) atoms. The number of thiazole rings is 1. The van der Waals surface area contributed by atoms with Crippen molar-refractivity contribution < 1.29 is 9.59 Å². The van der Waals surface area contributed by atoms with Gasteiger partial charge in [0.05, 0.1) is 11.2 Å². The van der Waals surface area contributed by atoms with Gasteiger partial charge in [0.15, 0.2) is 0 Å². The topological polar surface area (TPSA) is 53.5 Å². The lowest BCUT2D eigenvalue weighted by Gasteiger charge is -2.10. The van der Waals surface area contributed by atoms with Gasteiger partial charge in [-0.3, -0.25) is 4.79 Å². The minimum Gasteiger partial charge on any atom is -0.318 e. The highest BCUT2D eigenvalue weighted by Crippen LogP contribution is 2.26. The van der Waals surface area contributed by atoms with Crippen LogP contribution in [0.3, 0.4) is 0 Å². The molecule has 1 aromatic heterocycles. The number of hydrogen-bond acceptors (Lipinski definition) is 4. The number of hydrogen-bond donors (Lipinski definition) is 0. The standard InChI is InChI=1S/C8H9N3O2S/c1-5-9-3-7(14-5)11-6(12)4-10(2)8(11)13/h3H,4H2,1-2H3. The summed E-state index contributed by atoms with van der Waals surface area (Å²) in [6.07, 6.45) is 1.55. The molecule has 0 unspecified atom stereocenters. The van der Waals surface area contributed by atoms with Crippen LogP contribution < -0.4 is 4.90 Å². The summed E-state index contributed by atoms with van der Waals surface area (Å²) in [5.41, 5.74) is 0. The quantitative estimate of drug-likeness (QED) is 0.647. The van der Waals surface area contributed by atoms with E-state index >= 15 is 0 Å². The van der Waals surface area contributed by atoms with Crippen LogP contribution in [0, 0.1) is 6.92 Å². The van der Waals surface area contributed by atoms with E-state index in [4.69, 9.17) is 0 Å². The lowest BCUT2D eigenvalue weighted by molar-refractivity contribution is -0.116. The van der Waals surface area contributed by atoms with Crippen LogP contribution in [0.5, 0.6) is 0 Å². The van der Waals surface area contributed by atoms with Gasteiger partial charge in [0.25, 0.3) is 5.91 Å². The first-order chi connectivity index (χ1) is 6.59. The van der Waals surface area contributed by atoms with Gasteiger partial charge in [-0.05, 0) is 6.92 Å². The number of urea groups is 1. The van der Waals surface area contributed by atoms with Crippen LogP contribution in [-0.2, 0) is 4.79 Å². The third kappa shape index (κ3) is 1.27. The summed E-state index contributed by atoms with van der Waals surface area (Å²) >= 11 is 1.34. The van der Waals surface area contributed by atoms with Gasteiger partial charge in [-0.15, -0.1) is 11.3 Å². The lowest BCUT2D eigenvalue weighted by Crippen LogP contribution is -2.30. The molecule has 0 aliphatic carbocycles. The first-order valence-electron chi connectivity index (χ1n) is 4.10. The number of anilines is 1. The molecule has 1 saturated heterocycles. The van der Waals surface area contributed by atoms with Gasteiger partial charge in [-0.25, -0.2) is 14.7 Å². The number of aromatic nitrogens is 1. The molecule has 2 heterocycles. The summed E-state index contributed by atoms with van der Waals surface area (Å²) in [6, 6.07) is -0.279. The number of carbonyl (C=O) groups is 2. The first kappa shape index (κ1) is 9.14. The predicted octanol–water partition coefficient (Wildman–Crippen LogP) is 0.850. The van der Waals surface area contributed by atoms with Gasteiger partial charge >= 0.3 is 6.03 Å². The number of amides is 3. The third-order valence-electron chi connectivity index (χ3n) is 1.97. The summed E-state index contributed by atoms with van der Waals surface area (Å²) in [7, 11) is 1.61. The fourth-order valence-corrected chi connectivity index (χ4v) is 2.07. The summed E-state index contributed by atoms with van der Waals surface area (Å²) in [6.45, 7) is 1.98. The van der Waals surface area contributed by atoms with Crippen molar-refractivity contribution in [2.45, 2.75) is 6.92 Å². The van der Waals surface area contributed by atoms with Crippen LogP contribution in [0.1, 0.15) is 5.01 Å². The molecule has 1 aromatic rings. The van der Waals surface area contributed by atoms with Crippen molar-refractivity contribution in [1.29, 1.82) is 0 Å². The van der Waals surface area contributed by atoms with E-state index in [1.165, 1.54) is 21.1 Å². The molecule has 0 bridgehead atoms. The van der Waals surface area contributed by atoms with Crippen LogP contribution in [-0.4, -0.2) is 35.4 Å². The summed E-state index contributed by atoms with van der Waals surface area (Å²) in [5.74, 6) is -0.193. The molecule has 0 spiro atoms. The Hall–Kier alpha value is -1.43. The molecular formula is C8H9N3O2S. The number of aryl methyl sites for hydroxylation is 1. The average Bonchev–Trinajstić information content (AvgIpc) is 2.60. The Morgan fingerprint density at radius 3 is 2.64 bits per heavy atom. The maximum absolute atomic E-state index is 11.5. The lowest BCUT2D eigenvalue weighted by atomic mass is 10.6. The minimum absolute atomic E-state index is 0.149. The molecule has 5 nitrogen and oxygen atoms in total. The second-order valence-electron chi connectivity index (χ2n) is 3.09. The van der Waals surface area contributed by atoms with E-state index in [9.17, 15) is 9.59 Å². The molecule has 0 aromatic carbocycles. The molecule has 1 fully saturated rings. The molecule has 0 N–H and O–H groups in total.